The molecule has 1 spiro atoms. The number of fused-ring (bicyclic) bond motifs is 4. The largest absolute Gasteiger partial charge is 0.481 e. The van der Waals surface area contributed by atoms with Gasteiger partial charge in [0.05, 0.1) is 30.7 Å². The molecule has 0 atom stereocenters. The number of aromatic amines is 1. The zero-order chi connectivity index (χ0) is 27.6. The van der Waals surface area contributed by atoms with Crippen molar-refractivity contribution in [3.63, 3.8) is 0 Å². The number of H-pyrrole nitrogens is 1. The smallest absolute Gasteiger partial charge is 0.336 e. The van der Waals surface area contributed by atoms with Gasteiger partial charge < -0.3 is 35.5 Å². The van der Waals surface area contributed by atoms with Gasteiger partial charge in [-0.15, -0.1) is 11.3 Å². The number of carboxylic acid groups (broad SMARTS) is 3. The van der Waals surface area contributed by atoms with Gasteiger partial charge >= 0.3 is 17.9 Å². The highest BCUT2D eigenvalue weighted by Gasteiger charge is 2.48. The molecule has 204 valence electrons. The van der Waals surface area contributed by atoms with Gasteiger partial charge in [0.1, 0.15) is 11.2 Å². The highest BCUT2D eigenvalue weighted by atomic mass is 32.1. The summed E-state index contributed by atoms with van der Waals surface area (Å²) >= 11 is 1.86. The molecule has 1 saturated carbocycles. The summed E-state index contributed by atoms with van der Waals surface area (Å²) < 4.78 is 6.43. The van der Waals surface area contributed by atoms with Gasteiger partial charge in [0, 0.05) is 16.5 Å². The molecule has 4 heterocycles. The third-order valence-electron chi connectivity index (χ3n) is 7.53. The molecule has 1 fully saturated rings. The first-order valence-corrected chi connectivity index (χ1v) is 13.1. The standard InChI is InChI=1S/C20H23N3OS.C6H8O7/c1-21-19(16-5-3-13-25-16)7-9-20(10-8-19)17-14(6-12-24-20)15-4-2-11-22-18(15)23-17;7-3(8)1-6(13,5(11)12)2-4(9)10/h2-5,11,13,21H,6-10,12H2,1H3,(H,22,23);13H,1-2H2,(H,7,8)(H,9,10)(H,11,12). The summed E-state index contributed by atoms with van der Waals surface area (Å²) in [4.78, 5) is 40.1. The van der Waals surface area contributed by atoms with E-state index >= 15 is 0 Å². The van der Waals surface area contributed by atoms with E-state index in [1.165, 1.54) is 21.5 Å². The second kappa shape index (κ2) is 10.8. The second-order valence-electron chi connectivity index (χ2n) is 9.76. The van der Waals surface area contributed by atoms with Gasteiger partial charge in [-0.25, -0.2) is 9.78 Å². The molecule has 0 amide bonds. The van der Waals surface area contributed by atoms with Gasteiger partial charge in [-0.05, 0) is 68.3 Å². The van der Waals surface area contributed by atoms with E-state index in [1.807, 2.05) is 23.6 Å². The highest BCUT2D eigenvalue weighted by Crippen LogP contribution is 2.51. The Balaban J connectivity index is 0.000000222. The number of hydrogen-bond donors (Lipinski definition) is 6. The molecule has 6 N–H and O–H groups in total. The van der Waals surface area contributed by atoms with Crippen LogP contribution >= 0.6 is 11.3 Å². The van der Waals surface area contributed by atoms with Crippen LogP contribution in [0.3, 0.4) is 0 Å². The van der Waals surface area contributed by atoms with Crippen molar-refractivity contribution in [3.8, 4) is 0 Å². The van der Waals surface area contributed by atoms with Crippen LogP contribution in [0.1, 0.15) is 54.7 Å². The van der Waals surface area contributed by atoms with Crippen LogP contribution < -0.4 is 5.32 Å². The topological polar surface area (TPSA) is 182 Å². The number of aromatic nitrogens is 2. The summed E-state index contributed by atoms with van der Waals surface area (Å²) in [5, 5.41) is 40.9. The molecule has 1 aliphatic heterocycles. The quantitative estimate of drug-likeness (QED) is 0.258. The van der Waals surface area contributed by atoms with E-state index in [1.54, 1.807) is 0 Å². The van der Waals surface area contributed by atoms with Gasteiger partial charge in [0.25, 0.3) is 0 Å². The number of hydrogen-bond acceptors (Lipinski definition) is 8. The molecular formula is C26H31N3O8S. The lowest BCUT2D eigenvalue weighted by atomic mass is 9.70. The minimum atomic E-state index is -2.74. The summed E-state index contributed by atoms with van der Waals surface area (Å²) in [6.45, 7) is 0.806. The van der Waals surface area contributed by atoms with Crippen LogP contribution in [0.2, 0.25) is 0 Å². The number of carbonyl (C=O) groups is 3. The lowest BCUT2D eigenvalue weighted by Gasteiger charge is -2.47. The fourth-order valence-corrected chi connectivity index (χ4v) is 6.50. The zero-order valence-electron chi connectivity index (χ0n) is 20.9. The van der Waals surface area contributed by atoms with Gasteiger partial charge in [-0.3, -0.25) is 9.59 Å². The van der Waals surface area contributed by atoms with Gasteiger partial charge in [0.2, 0.25) is 0 Å². The van der Waals surface area contributed by atoms with Crippen molar-refractivity contribution in [1.82, 2.24) is 15.3 Å². The van der Waals surface area contributed by atoms with Crippen molar-refractivity contribution in [3.05, 3.63) is 52.0 Å². The normalized spacial score (nSPS) is 22.9. The average molecular weight is 546 g/mol. The molecule has 2 aliphatic rings. The number of rotatable bonds is 7. The molecule has 11 nitrogen and oxygen atoms in total. The molecule has 0 aromatic carbocycles. The number of pyridine rings is 1. The maximum atomic E-state index is 10.3. The Bertz CT molecular complexity index is 1300. The van der Waals surface area contributed by atoms with E-state index in [4.69, 9.17) is 25.2 Å². The van der Waals surface area contributed by atoms with Crippen molar-refractivity contribution < 1.29 is 39.5 Å². The van der Waals surface area contributed by atoms with Crippen LogP contribution in [-0.2, 0) is 36.7 Å². The summed E-state index contributed by atoms with van der Waals surface area (Å²) in [5.74, 6) is -5.02. The van der Waals surface area contributed by atoms with Gasteiger partial charge in [-0.1, -0.05) is 6.07 Å². The van der Waals surface area contributed by atoms with E-state index in [0.29, 0.717) is 0 Å². The summed E-state index contributed by atoms with van der Waals surface area (Å²) in [5.41, 5.74) is 0.876. The van der Waals surface area contributed by atoms with E-state index in [9.17, 15) is 14.4 Å². The van der Waals surface area contributed by atoms with Crippen LogP contribution in [0.25, 0.3) is 11.0 Å². The molecule has 0 radical (unpaired) electrons. The molecule has 0 saturated heterocycles. The fraction of sp³-hybridized carbons (Fsp3) is 0.462. The Morgan fingerprint density at radius 3 is 2.34 bits per heavy atom. The third kappa shape index (κ3) is 5.30. The van der Waals surface area contributed by atoms with Gasteiger partial charge in [0.15, 0.2) is 5.60 Å². The van der Waals surface area contributed by atoms with E-state index in [0.717, 1.165) is 44.4 Å². The monoisotopic (exact) mass is 545 g/mol. The first-order chi connectivity index (χ1) is 18.0. The summed E-state index contributed by atoms with van der Waals surface area (Å²) in [7, 11) is 2.09. The fourth-order valence-electron chi connectivity index (χ4n) is 5.51. The maximum Gasteiger partial charge on any atom is 0.336 e. The zero-order valence-corrected chi connectivity index (χ0v) is 21.7. The number of aliphatic carboxylic acids is 3. The predicted octanol–water partition coefficient (Wildman–Crippen LogP) is 2.83. The number of ether oxygens (including phenoxy) is 1. The van der Waals surface area contributed by atoms with E-state index in [-0.39, 0.29) is 11.1 Å². The molecule has 5 rings (SSSR count). The first kappa shape index (κ1) is 27.7. The molecule has 0 bridgehead atoms. The first-order valence-electron chi connectivity index (χ1n) is 12.3. The van der Waals surface area contributed by atoms with Crippen molar-refractivity contribution in [2.24, 2.45) is 0 Å². The van der Waals surface area contributed by atoms with E-state index < -0.39 is 36.4 Å². The van der Waals surface area contributed by atoms with Crippen molar-refractivity contribution in [2.45, 2.75) is 61.7 Å². The summed E-state index contributed by atoms with van der Waals surface area (Å²) in [6, 6.07) is 8.63. The molecule has 3 aromatic rings. The third-order valence-corrected chi connectivity index (χ3v) is 8.61. The van der Waals surface area contributed by atoms with Crippen molar-refractivity contribution in [2.75, 3.05) is 13.7 Å². The molecule has 0 unspecified atom stereocenters. The number of nitrogens with zero attached hydrogens (tertiary/aromatic N) is 1. The number of aliphatic hydroxyl groups is 1. The molecule has 1 aliphatic carbocycles. The lowest BCUT2D eigenvalue weighted by Crippen LogP contribution is -2.49. The molecule has 38 heavy (non-hydrogen) atoms. The van der Waals surface area contributed by atoms with E-state index in [2.05, 4.69) is 45.9 Å². The minimum Gasteiger partial charge on any atom is -0.481 e. The lowest BCUT2D eigenvalue weighted by molar-refractivity contribution is -0.170. The van der Waals surface area contributed by atoms with Crippen LogP contribution in [0.15, 0.2) is 35.8 Å². The molecule has 12 heteroatoms. The average Bonchev–Trinajstić information content (AvgIpc) is 3.54. The van der Waals surface area contributed by atoms with Crippen molar-refractivity contribution >= 4 is 40.3 Å². The molecule has 3 aromatic heterocycles. The number of thiophene rings is 1. The Kier molecular flexibility index (Phi) is 7.88. The minimum absolute atomic E-state index is 0.0879. The SMILES string of the molecule is CNC1(c2cccs2)CCC2(CC1)OCCc1c2[nH]c2ncccc12.O=C(O)CC(O)(CC(=O)O)C(=O)O. The van der Waals surface area contributed by atoms with Crippen LogP contribution in [0.4, 0.5) is 0 Å². The van der Waals surface area contributed by atoms with Crippen molar-refractivity contribution in [1.29, 1.82) is 0 Å². The predicted molar refractivity (Wildman–Crippen MR) is 138 cm³/mol. The van der Waals surface area contributed by atoms with Crippen LogP contribution in [0, 0.1) is 0 Å². The van der Waals surface area contributed by atoms with Crippen LogP contribution in [-0.4, -0.2) is 67.6 Å². The van der Waals surface area contributed by atoms with Crippen LogP contribution in [0.5, 0.6) is 0 Å². The summed E-state index contributed by atoms with van der Waals surface area (Å²) in [6.07, 6.45) is 4.80. The highest BCUT2D eigenvalue weighted by molar-refractivity contribution is 7.10. The Hall–Kier alpha value is -3.32. The number of carboxylic acids is 3. The second-order valence-corrected chi connectivity index (χ2v) is 10.7. The number of nitrogens with one attached hydrogen (secondary N) is 2. The maximum absolute atomic E-state index is 10.3. The Morgan fingerprint density at radius 2 is 1.79 bits per heavy atom. The Morgan fingerprint density at radius 1 is 1.11 bits per heavy atom. The Labute approximate surface area is 222 Å². The van der Waals surface area contributed by atoms with Gasteiger partial charge in [-0.2, -0.15) is 0 Å². The molecular weight excluding hydrogens is 514 g/mol.